The maximum Gasteiger partial charge on any atom is 0.232 e. The Balaban J connectivity index is 3.03. The van der Waals surface area contributed by atoms with Gasteiger partial charge in [-0.05, 0) is 18.6 Å². The molecule has 1 aromatic rings. The minimum atomic E-state index is -3.37. The first-order valence-electron chi connectivity index (χ1n) is 4.50. The third-order valence-electron chi connectivity index (χ3n) is 1.75. The van der Waals surface area contributed by atoms with Crippen molar-refractivity contribution in [2.45, 2.75) is 13.3 Å². The van der Waals surface area contributed by atoms with E-state index in [4.69, 9.17) is 34.8 Å². The Morgan fingerprint density at radius 3 is 2.25 bits per heavy atom. The van der Waals surface area contributed by atoms with Crippen LogP contribution in [-0.4, -0.2) is 14.2 Å². The van der Waals surface area contributed by atoms with E-state index in [-0.39, 0.29) is 26.5 Å². The number of rotatable bonds is 4. The molecule has 1 N–H and O–H groups in total. The molecular formula is C9H10Cl3NO2S. The largest absolute Gasteiger partial charge is 0.282 e. The molecular weight excluding hydrogens is 293 g/mol. The highest BCUT2D eigenvalue weighted by molar-refractivity contribution is 7.92. The average Bonchev–Trinajstić information content (AvgIpc) is 2.13. The van der Waals surface area contributed by atoms with Crippen molar-refractivity contribution in [3.05, 3.63) is 27.2 Å². The minimum Gasteiger partial charge on any atom is -0.282 e. The molecule has 0 aromatic heterocycles. The number of halogens is 3. The highest BCUT2D eigenvalue weighted by Crippen LogP contribution is 2.32. The fourth-order valence-electron chi connectivity index (χ4n) is 1.09. The summed E-state index contributed by atoms with van der Waals surface area (Å²) in [7, 11) is -3.37. The first-order valence-corrected chi connectivity index (χ1v) is 7.29. The predicted molar refractivity (Wildman–Crippen MR) is 69.2 cm³/mol. The van der Waals surface area contributed by atoms with Gasteiger partial charge >= 0.3 is 0 Å². The van der Waals surface area contributed by atoms with Crippen LogP contribution in [-0.2, 0) is 10.0 Å². The molecule has 0 unspecified atom stereocenters. The molecule has 0 saturated heterocycles. The molecule has 0 fully saturated rings. The zero-order chi connectivity index (χ0) is 12.3. The van der Waals surface area contributed by atoms with E-state index in [9.17, 15) is 8.42 Å². The van der Waals surface area contributed by atoms with E-state index in [1.807, 2.05) is 0 Å². The van der Waals surface area contributed by atoms with Gasteiger partial charge in [0.25, 0.3) is 0 Å². The Labute approximate surface area is 110 Å². The zero-order valence-electron chi connectivity index (χ0n) is 8.43. The Morgan fingerprint density at radius 2 is 1.69 bits per heavy atom. The molecule has 90 valence electrons. The highest BCUT2D eigenvalue weighted by atomic mass is 35.5. The van der Waals surface area contributed by atoms with Crippen molar-refractivity contribution < 1.29 is 8.42 Å². The summed E-state index contributed by atoms with van der Waals surface area (Å²) in [4.78, 5) is 0. The summed E-state index contributed by atoms with van der Waals surface area (Å²) >= 11 is 17.3. The van der Waals surface area contributed by atoms with Crippen LogP contribution in [0.1, 0.15) is 13.3 Å². The molecule has 0 aliphatic heterocycles. The second-order valence-electron chi connectivity index (χ2n) is 3.17. The van der Waals surface area contributed by atoms with Crippen LogP contribution in [0.25, 0.3) is 0 Å². The van der Waals surface area contributed by atoms with Gasteiger partial charge in [0.2, 0.25) is 10.0 Å². The molecule has 0 aliphatic carbocycles. The standard InChI is InChI=1S/C9H10Cl3NO2S/c1-2-3-16(14,15)13-9-5-7(11)6(10)4-8(9)12/h4-5,13H,2-3H2,1H3. The van der Waals surface area contributed by atoms with Crippen LogP contribution >= 0.6 is 34.8 Å². The summed E-state index contributed by atoms with van der Waals surface area (Å²) in [5.74, 6) is 0.0313. The summed E-state index contributed by atoms with van der Waals surface area (Å²) in [5.41, 5.74) is 0.240. The molecule has 0 spiro atoms. The van der Waals surface area contributed by atoms with Crippen LogP contribution in [0, 0.1) is 0 Å². The zero-order valence-corrected chi connectivity index (χ0v) is 11.5. The molecule has 0 aliphatic rings. The second-order valence-corrected chi connectivity index (χ2v) is 6.23. The number of benzene rings is 1. The van der Waals surface area contributed by atoms with Gasteiger partial charge in [0.1, 0.15) is 0 Å². The van der Waals surface area contributed by atoms with Crippen molar-refractivity contribution in [2.24, 2.45) is 0 Å². The van der Waals surface area contributed by atoms with E-state index in [1.54, 1.807) is 6.92 Å². The van der Waals surface area contributed by atoms with E-state index >= 15 is 0 Å². The molecule has 0 heterocycles. The molecule has 1 rings (SSSR count). The summed E-state index contributed by atoms with van der Waals surface area (Å²) in [5, 5.41) is 0.749. The normalized spacial score (nSPS) is 11.5. The van der Waals surface area contributed by atoms with Crippen LogP contribution in [0.3, 0.4) is 0 Å². The molecule has 0 radical (unpaired) electrons. The van der Waals surface area contributed by atoms with E-state index < -0.39 is 10.0 Å². The Hall–Kier alpha value is -0.160. The molecule has 0 saturated carbocycles. The van der Waals surface area contributed by atoms with E-state index in [0.29, 0.717) is 6.42 Å². The van der Waals surface area contributed by atoms with Crippen LogP contribution in [0.4, 0.5) is 5.69 Å². The van der Waals surface area contributed by atoms with Crippen LogP contribution < -0.4 is 4.72 Å². The Kier molecular flexibility index (Phi) is 4.73. The van der Waals surface area contributed by atoms with Gasteiger partial charge in [0, 0.05) is 0 Å². The topological polar surface area (TPSA) is 46.2 Å². The SMILES string of the molecule is CCCS(=O)(=O)Nc1cc(Cl)c(Cl)cc1Cl. The van der Waals surface area contributed by atoms with Gasteiger partial charge in [-0.3, -0.25) is 4.72 Å². The van der Waals surface area contributed by atoms with Crippen LogP contribution in [0.5, 0.6) is 0 Å². The summed E-state index contributed by atoms with van der Waals surface area (Å²) < 4.78 is 25.4. The number of hydrogen-bond acceptors (Lipinski definition) is 2. The van der Waals surface area contributed by atoms with Gasteiger partial charge in [-0.2, -0.15) is 0 Å². The van der Waals surface area contributed by atoms with E-state index in [1.165, 1.54) is 12.1 Å². The van der Waals surface area contributed by atoms with Crippen molar-refractivity contribution >= 4 is 50.5 Å². The first kappa shape index (κ1) is 13.9. The quantitative estimate of drug-likeness (QED) is 0.860. The van der Waals surface area contributed by atoms with Crippen LogP contribution in [0.15, 0.2) is 12.1 Å². The van der Waals surface area contributed by atoms with Gasteiger partial charge in [-0.1, -0.05) is 41.7 Å². The van der Waals surface area contributed by atoms with Gasteiger partial charge in [0.15, 0.2) is 0 Å². The smallest absolute Gasteiger partial charge is 0.232 e. The Morgan fingerprint density at radius 1 is 1.12 bits per heavy atom. The fraction of sp³-hybridized carbons (Fsp3) is 0.333. The lowest BCUT2D eigenvalue weighted by Crippen LogP contribution is -2.16. The lowest BCUT2D eigenvalue weighted by molar-refractivity contribution is 0.600. The van der Waals surface area contributed by atoms with E-state index in [2.05, 4.69) is 4.72 Å². The number of nitrogens with one attached hydrogen (secondary N) is 1. The third-order valence-corrected chi connectivity index (χ3v) is 4.26. The molecule has 3 nitrogen and oxygen atoms in total. The lowest BCUT2D eigenvalue weighted by Gasteiger charge is -2.09. The van der Waals surface area contributed by atoms with E-state index in [0.717, 1.165) is 0 Å². The van der Waals surface area contributed by atoms with Crippen molar-refractivity contribution in [1.29, 1.82) is 0 Å². The number of hydrogen-bond donors (Lipinski definition) is 1. The van der Waals surface area contributed by atoms with Gasteiger partial charge < -0.3 is 0 Å². The second kappa shape index (κ2) is 5.45. The molecule has 0 bridgehead atoms. The maximum atomic E-state index is 11.5. The van der Waals surface area contributed by atoms with Crippen molar-refractivity contribution in [2.75, 3.05) is 10.5 Å². The van der Waals surface area contributed by atoms with Gasteiger partial charge in [-0.25, -0.2) is 8.42 Å². The first-order chi connectivity index (χ1) is 7.35. The van der Waals surface area contributed by atoms with Gasteiger partial charge in [0.05, 0.1) is 26.5 Å². The lowest BCUT2D eigenvalue weighted by atomic mass is 10.3. The monoisotopic (exact) mass is 301 g/mol. The van der Waals surface area contributed by atoms with Crippen LogP contribution in [0.2, 0.25) is 15.1 Å². The summed E-state index contributed by atoms with van der Waals surface area (Å²) in [6.45, 7) is 1.77. The average molecular weight is 303 g/mol. The predicted octanol–water partition coefficient (Wildman–Crippen LogP) is 3.80. The Bertz CT molecular complexity index is 488. The molecule has 0 amide bonds. The third kappa shape index (κ3) is 3.70. The van der Waals surface area contributed by atoms with Crippen molar-refractivity contribution in [1.82, 2.24) is 0 Å². The molecule has 16 heavy (non-hydrogen) atoms. The molecule has 7 heteroatoms. The number of sulfonamides is 1. The number of anilines is 1. The maximum absolute atomic E-state index is 11.5. The highest BCUT2D eigenvalue weighted by Gasteiger charge is 2.13. The minimum absolute atomic E-state index is 0.0313. The summed E-state index contributed by atoms with van der Waals surface area (Å²) in [6, 6.07) is 2.79. The van der Waals surface area contributed by atoms with Crippen molar-refractivity contribution in [3.63, 3.8) is 0 Å². The molecule has 1 aromatic carbocycles. The summed E-state index contributed by atoms with van der Waals surface area (Å²) in [6.07, 6.45) is 0.522. The fourth-order valence-corrected chi connectivity index (χ4v) is 2.88. The van der Waals surface area contributed by atoms with Crippen molar-refractivity contribution in [3.8, 4) is 0 Å². The molecule has 0 atom stereocenters. The van der Waals surface area contributed by atoms with Gasteiger partial charge in [-0.15, -0.1) is 0 Å².